The van der Waals surface area contributed by atoms with Gasteiger partial charge in [-0.3, -0.25) is 0 Å². The van der Waals surface area contributed by atoms with Crippen LogP contribution >= 0.6 is 0 Å². The van der Waals surface area contributed by atoms with E-state index in [9.17, 15) is 4.79 Å². The molecule has 1 fully saturated rings. The third-order valence-corrected chi connectivity index (χ3v) is 3.48. The van der Waals surface area contributed by atoms with Gasteiger partial charge in [0.15, 0.2) is 0 Å². The van der Waals surface area contributed by atoms with Crippen LogP contribution in [0.3, 0.4) is 0 Å². The van der Waals surface area contributed by atoms with Gasteiger partial charge in [-0.25, -0.2) is 4.79 Å². The minimum atomic E-state index is -0.0127. The molecule has 2 rings (SSSR count). The number of hydrogen-bond acceptors (Lipinski definition) is 3. The van der Waals surface area contributed by atoms with E-state index in [4.69, 9.17) is 4.74 Å². The number of benzene rings is 1. The summed E-state index contributed by atoms with van der Waals surface area (Å²) in [7, 11) is 0. The van der Waals surface area contributed by atoms with Gasteiger partial charge in [-0.05, 0) is 31.2 Å². The van der Waals surface area contributed by atoms with Crippen LogP contribution in [0.25, 0.3) is 0 Å². The minimum absolute atomic E-state index is 0.0127. The molecule has 0 spiro atoms. The fraction of sp³-hybridized carbons (Fsp3) is 0.438. The predicted molar refractivity (Wildman–Crippen MR) is 85.0 cm³/mol. The zero-order chi connectivity index (χ0) is 15.1. The number of piperazine rings is 1. The number of nitrogens with zero attached hydrogens (tertiary/aromatic N) is 2. The van der Waals surface area contributed by atoms with E-state index in [0.29, 0.717) is 13.2 Å². The van der Waals surface area contributed by atoms with Crippen molar-refractivity contribution < 1.29 is 9.53 Å². The molecular weight excluding hydrogens is 266 g/mol. The summed E-state index contributed by atoms with van der Waals surface area (Å²) in [6, 6.07) is 8.10. The van der Waals surface area contributed by atoms with Crippen LogP contribution in [0, 0.1) is 0 Å². The Morgan fingerprint density at radius 1 is 1.29 bits per heavy atom. The molecular formula is C16H23N3O2. The van der Waals surface area contributed by atoms with E-state index in [2.05, 4.69) is 28.9 Å². The van der Waals surface area contributed by atoms with Gasteiger partial charge in [-0.15, -0.1) is 6.58 Å². The second-order valence-corrected chi connectivity index (χ2v) is 4.88. The van der Waals surface area contributed by atoms with Crippen molar-refractivity contribution in [3.05, 3.63) is 36.9 Å². The number of urea groups is 1. The Labute approximate surface area is 126 Å². The molecule has 1 aromatic rings. The molecule has 1 aliphatic heterocycles. The molecule has 0 aliphatic carbocycles. The number of carbonyl (C=O) groups is 1. The number of anilines is 1. The predicted octanol–water partition coefficient (Wildman–Crippen LogP) is 2.10. The largest absolute Gasteiger partial charge is 0.494 e. The Balaban J connectivity index is 1.85. The molecule has 1 aliphatic rings. The first kappa shape index (κ1) is 15.2. The van der Waals surface area contributed by atoms with E-state index in [1.54, 1.807) is 6.08 Å². The number of hydrogen-bond donors (Lipinski definition) is 1. The molecule has 2 amide bonds. The Hall–Kier alpha value is -2.17. The zero-order valence-corrected chi connectivity index (χ0v) is 12.5. The van der Waals surface area contributed by atoms with Crippen LogP contribution in [-0.2, 0) is 0 Å². The van der Waals surface area contributed by atoms with Crippen molar-refractivity contribution in [3.63, 3.8) is 0 Å². The van der Waals surface area contributed by atoms with Crippen molar-refractivity contribution in [1.29, 1.82) is 0 Å². The average Bonchev–Trinajstić information content (AvgIpc) is 2.54. The SMILES string of the molecule is C=CCNC(=O)N1CCN(c2ccc(OCC)cc2)CC1. The van der Waals surface area contributed by atoms with Crippen molar-refractivity contribution in [2.24, 2.45) is 0 Å². The van der Waals surface area contributed by atoms with E-state index in [0.717, 1.165) is 31.9 Å². The summed E-state index contributed by atoms with van der Waals surface area (Å²) in [5.74, 6) is 0.892. The first-order valence-corrected chi connectivity index (χ1v) is 7.36. The van der Waals surface area contributed by atoms with Gasteiger partial charge < -0.3 is 19.9 Å². The van der Waals surface area contributed by atoms with Crippen LogP contribution in [0.1, 0.15) is 6.92 Å². The Kier molecular flexibility index (Phi) is 5.49. The third kappa shape index (κ3) is 4.15. The molecule has 114 valence electrons. The van der Waals surface area contributed by atoms with Crippen molar-refractivity contribution in [1.82, 2.24) is 10.2 Å². The van der Waals surface area contributed by atoms with E-state index < -0.39 is 0 Å². The molecule has 0 aromatic heterocycles. The summed E-state index contributed by atoms with van der Waals surface area (Å²) >= 11 is 0. The maximum atomic E-state index is 11.8. The van der Waals surface area contributed by atoms with Crippen LogP contribution in [0.2, 0.25) is 0 Å². The lowest BCUT2D eigenvalue weighted by Gasteiger charge is -2.36. The molecule has 21 heavy (non-hydrogen) atoms. The summed E-state index contributed by atoms with van der Waals surface area (Å²) in [5, 5.41) is 2.81. The smallest absolute Gasteiger partial charge is 0.317 e. The Morgan fingerprint density at radius 3 is 2.52 bits per heavy atom. The highest BCUT2D eigenvalue weighted by molar-refractivity contribution is 5.74. The minimum Gasteiger partial charge on any atom is -0.494 e. The molecule has 0 atom stereocenters. The molecule has 1 aromatic carbocycles. The van der Waals surface area contributed by atoms with Crippen molar-refractivity contribution >= 4 is 11.7 Å². The van der Waals surface area contributed by atoms with E-state index >= 15 is 0 Å². The molecule has 0 unspecified atom stereocenters. The van der Waals surface area contributed by atoms with Crippen LogP contribution in [0.4, 0.5) is 10.5 Å². The number of carbonyl (C=O) groups excluding carboxylic acids is 1. The van der Waals surface area contributed by atoms with Gasteiger partial charge in [-0.1, -0.05) is 6.08 Å². The zero-order valence-electron chi connectivity index (χ0n) is 12.5. The highest BCUT2D eigenvalue weighted by Gasteiger charge is 2.20. The van der Waals surface area contributed by atoms with Gasteiger partial charge in [0.05, 0.1) is 6.61 Å². The highest BCUT2D eigenvalue weighted by atomic mass is 16.5. The normalized spacial score (nSPS) is 14.7. The first-order valence-electron chi connectivity index (χ1n) is 7.36. The summed E-state index contributed by atoms with van der Waals surface area (Å²) in [4.78, 5) is 16.0. The molecule has 1 N–H and O–H groups in total. The van der Waals surface area contributed by atoms with Gasteiger partial charge >= 0.3 is 6.03 Å². The van der Waals surface area contributed by atoms with Crippen LogP contribution in [0.5, 0.6) is 5.75 Å². The van der Waals surface area contributed by atoms with Crippen molar-refractivity contribution in [2.75, 3.05) is 44.2 Å². The van der Waals surface area contributed by atoms with Gasteiger partial charge in [0.2, 0.25) is 0 Å². The van der Waals surface area contributed by atoms with Crippen LogP contribution in [0.15, 0.2) is 36.9 Å². The molecule has 5 nitrogen and oxygen atoms in total. The van der Waals surface area contributed by atoms with E-state index in [1.807, 2.05) is 24.0 Å². The lowest BCUT2D eigenvalue weighted by molar-refractivity contribution is 0.195. The summed E-state index contributed by atoms with van der Waals surface area (Å²) < 4.78 is 5.45. The topological polar surface area (TPSA) is 44.8 Å². The second-order valence-electron chi connectivity index (χ2n) is 4.88. The molecule has 5 heteroatoms. The van der Waals surface area contributed by atoms with E-state index in [1.165, 1.54) is 5.69 Å². The quantitative estimate of drug-likeness (QED) is 0.844. The number of ether oxygens (including phenoxy) is 1. The highest BCUT2D eigenvalue weighted by Crippen LogP contribution is 2.20. The van der Waals surface area contributed by atoms with Crippen LogP contribution in [-0.4, -0.2) is 50.3 Å². The summed E-state index contributed by atoms with van der Waals surface area (Å²) in [6.45, 7) is 9.92. The van der Waals surface area contributed by atoms with Gasteiger partial charge in [0, 0.05) is 38.4 Å². The monoisotopic (exact) mass is 289 g/mol. The third-order valence-electron chi connectivity index (χ3n) is 3.48. The standard InChI is InChI=1S/C16H23N3O2/c1-3-9-17-16(20)19-12-10-18(11-13-19)14-5-7-15(8-6-14)21-4-2/h3,5-8H,1,4,9-13H2,2H3,(H,17,20). The van der Waals surface area contributed by atoms with Gasteiger partial charge in [0.1, 0.15) is 5.75 Å². The molecule has 1 heterocycles. The number of amides is 2. The van der Waals surface area contributed by atoms with Crippen LogP contribution < -0.4 is 15.0 Å². The number of rotatable bonds is 5. The number of nitrogens with one attached hydrogen (secondary N) is 1. The average molecular weight is 289 g/mol. The fourth-order valence-corrected chi connectivity index (χ4v) is 2.36. The summed E-state index contributed by atoms with van der Waals surface area (Å²) in [5.41, 5.74) is 1.17. The fourth-order valence-electron chi connectivity index (χ4n) is 2.36. The van der Waals surface area contributed by atoms with Gasteiger partial charge in [-0.2, -0.15) is 0 Å². The van der Waals surface area contributed by atoms with Crippen molar-refractivity contribution in [3.8, 4) is 5.75 Å². The maximum Gasteiger partial charge on any atom is 0.317 e. The van der Waals surface area contributed by atoms with Crippen molar-refractivity contribution in [2.45, 2.75) is 6.92 Å². The Morgan fingerprint density at radius 2 is 1.95 bits per heavy atom. The second kappa shape index (κ2) is 7.57. The molecule has 0 radical (unpaired) electrons. The molecule has 0 saturated carbocycles. The Bertz CT molecular complexity index is 465. The summed E-state index contributed by atoms with van der Waals surface area (Å²) in [6.07, 6.45) is 1.69. The molecule has 1 saturated heterocycles. The lowest BCUT2D eigenvalue weighted by atomic mass is 10.2. The van der Waals surface area contributed by atoms with Gasteiger partial charge in [0.25, 0.3) is 0 Å². The van der Waals surface area contributed by atoms with E-state index in [-0.39, 0.29) is 6.03 Å². The first-order chi connectivity index (χ1) is 10.2. The molecule has 0 bridgehead atoms. The lowest BCUT2D eigenvalue weighted by Crippen LogP contribution is -2.51. The maximum absolute atomic E-state index is 11.8.